The Morgan fingerprint density at radius 1 is 1.31 bits per heavy atom. The van der Waals surface area contributed by atoms with Crippen LogP contribution in [0, 0.1) is 0 Å². The van der Waals surface area contributed by atoms with Crippen molar-refractivity contribution in [2.24, 2.45) is 0 Å². The summed E-state index contributed by atoms with van der Waals surface area (Å²) >= 11 is 0. The van der Waals surface area contributed by atoms with Gasteiger partial charge in [0.05, 0.1) is 17.6 Å². The molecule has 80 valence electrons. The predicted molar refractivity (Wildman–Crippen MR) is 60.2 cm³/mol. The van der Waals surface area contributed by atoms with E-state index in [1.54, 1.807) is 17.1 Å². The molecule has 2 rings (SSSR count). The number of imidazole rings is 1. The monoisotopic (exact) mass is 214 g/mol. The summed E-state index contributed by atoms with van der Waals surface area (Å²) in [5.74, 6) is -1.06. The van der Waals surface area contributed by atoms with E-state index in [4.69, 9.17) is 5.11 Å². The summed E-state index contributed by atoms with van der Waals surface area (Å²) in [7, 11) is 0. The second kappa shape index (κ2) is 4.02. The van der Waals surface area contributed by atoms with Crippen LogP contribution in [-0.2, 0) is 4.79 Å². The van der Waals surface area contributed by atoms with Crippen molar-refractivity contribution in [1.29, 1.82) is 0 Å². The highest BCUT2D eigenvalue weighted by Crippen LogP contribution is 2.13. The molecule has 0 aliphatic heterocycles. The maximum atomic E-state index is 10.7. The van der Waals surface area contributed by atoms with Crippen LogP contribution >= 0.6 is 0 Å². The van der Waals surface area contributed by atoms with E-state index in [0.29, 0.717) is 5.69 Å². The molecule has 0 aliphatic rings. The molecular formula is C12H10N2O2. The molecule has 16 heavy (non-hydrogen) atoms. The minimum absolute atomic E-state index is 0.00492. The topological polar surface area (TPSA) is 55.1 Å². The number of carboxylic acids is 1. The smallest absolute Gasteiger partial charge is 0.337 e. The highest BCUT2D eigenvalue weighted by atomic mass is 16.4. The van der Waals surface area contributed by atoms with Gasteiger partial charge in [-0.1, -0.05) is 24.8 Å². The van der Waals surface area contributed by atoms with Crippen molar-refractivity contribution in [3.05, 3.63) is 55.1 Å². The number of aromatic nitrogens is 2. The van der Waals surface area contributed by atoms with Crippen molar-refractivity contribution in [2.75, 3.05) is 0 Å². The lowest BCUT2D eigenvalue weighted by molar-refractivity contribution is -0.130. The van der Waals surface area contributed by atoms with E-state index in [0.717, 1.165) is 5.69 Å². The lowest BCUT2D eigenvalue weighted by Crippen LogP contribution is -1.97. The first-order valence-corrected chi connectivity index (χ1v) is 4.70. The number of benzene rings is 1. The van der Waals surface area contributed by atoms with Crippen molar-refractivity contribution < 1.29 is 9.90 Å². The Balaban J connectivity index is 2.34. The Labute approximate surface area is 92.5 Å². The number of para-hydroxylation sites is 1. The fourth-order valence-corrected chi connectivity index (χ4v) is 1.33. The van der Waals surface area contributed by atoms with Gasteiger partial charge >= 0.3 is 5.97 Å². The molecule has 0 aliphatic carbocycles. The van der Waals surface area contributed by atoms with Gasteiger partial charge in [0, 0.05) is 11.9 Å². The van der Waals surface area contributed by atoms with E-state index in [1.807, 2.05) is 30.3 Å². The zero-order valence-electron chi connectivity index (χ0n) is 8.50. The molecule has 0 radical (unpaired) electrons. The van der Waals surface area contributed by atoms with Crippen LogP contribution in [0.1, 0.15) is 5.69 Å². The van der Waals surface area contributed by atoms with Gasteiger partial charge in [-0.15, -0.1) is 0 Å². The van der Waals surface area contributed by atoms with Gasteiger partial charge in [-0.3, -0.25) is 0 Å². The van der Waals surface area contributed by atoms with E-state index < -0.39 is 5.97 Å². The third-order valence-electron chi connectivity index (χ3n) is 2.20. The normalized spacial score (nSPS) is 10.0. The number of carboxylic acid groups (broad SMARTS) is 1. The van der Waals surface area contributed by atoms with Gasteiger partial charge in [-0.05, 0) is 12.1 Å². The molecule has 0 fully saturated rings. The molecule has 4 heteroatoms. The predicted octanol–water partition coefficient (Wildman–Crippen LogP) is 1.97. The van der Waals surface area contributed by atoms with Gasteiger partial charge < -0.3 is 9.67 Å². The molecule has 4 nitrogen and oxygen atoms in total. The lowest BCUT2D eigenvalue weighted by atomic mass is 10.2. The van der Waals surface area contributed by atoms with Crippen molar-refractivity contribution in [3.63, 3.8) is 0 Å². The Bertz CT molecular complexity index is 529. The average Bonchev–Trinajstić information content (AvgIpc) is 2.78. The van der Waals surface area contributed by atoms with Gasteiger partial charge in [0.25, 0.3) is 0 Å². The van der Waals surface area contributed by atoms with E-state index >= 15 is 0 Å². The molecule has 0 atom stereocenters. The second-order valence-electron chi connectivity index (χ2n) is 3.29. The highest BCUT2D eigenvalue weighted by molar-refractivity contribution is 6.13. The quantitative estimate of drug-likeness (QED) is 0.795. The van der Waals surface area contributed by atoms with Gasteiger partial charge in [0.2, 0.25) is 0 Å². The second-order valence-corrected chi connectivity index (χ2v) is 3.29. The molecular weight excluding hydrogens is 204 g/mol. The Hall–Kier alpha value is -2.36. The van der Waals surface area contributed by atoms with Crippen LogP contribution in [0.3, 0.4) is 0 Å². The fraction of sp³-hybridized carbons (Fsp3) is 0. The van der Waals surface area contributed by atoms with Gasteiger partial charge in [0.15, 0.2) is 0 Å². The Kier molecular flexibility index (Phi) is 2.55. The number of hydrogen-bond acceptors (Lipinski definition) is 2. The number of aliphatic carboxylic acids is 1. The number of nitrogens with zero attached hydrogens (tertiary/aromatic N) is 2. The summed E-state index contributed by atoms with van der Waals surface area (Å²) < 4.78 is 1.75. The van der Waals surface area contributed by atoms with E-state index in [2.05, 4.69) is 11.6 Å². The molecule has 2 aromatic rings. The average molecular weight is 214 g/mol. The molecule has 1 aromatic heterocycles. The van der Waals surface area contributed by atoms with Gasteiger partial charge in [-0.25, -0.2) is 9.78 Å². The fourth-order valence-electron chi connectivity index (χ4n) is 1.33. The Morgan fingerprint density at radius 2 is 2.00 bits per heavy atom. The lowest BCUT2D eigenvalue weighted by Gasteiger charge is -1.99. The molecule has 1 N–H and O–H groups in total. The maximum absolute atomic E-state index is 10.7. The van der Waals surface area contributed by atoms with Gasteiger partial charge in [0.1, 0.15) is 0 Å². The molecule has 1 heterocycles. The van der Waals surface area contributed by atoms with Crippen molar-refractivity contribution in [3.8, 4) is 5.69 Å². The Morgan fingerprint density at radius 3 is 2.62 bits per heavy atom. The SMILES string of the molecule is C=C(C(=O)O)c1cn(-c2ccccc2)cn1. The first-order chi connectivity index (χ1) is 7.68. The van der Waals surface area contributed by atoms with E-state index in [-0.39, 0.29) is 5.57 Å². The third kappa shape index (κ3) is 1.86. The van der Waals surface area contributed by atoms with Crippen LogP contribution in [0.5, 0.6) is 0 Å². The molecule has 1 aromatic carbocycles. The van der Waals surface area contributed by atoms with E-state index in [1.165, 1.54) is 0 Å². The van der Waals surface area contributed by atoms with Gasteiger partial charge in [-0.2, -0.15) is 0 Å². The van der Waals surface area contributed by atoms with Crippen molar-refractivity contribution in [1.82, 2.24) is 9.55 Å². The molecule has 0 unspecified atom stereocenters. The van der Waals surface area contributed by atoms with Crippen LogP contribution in [-0.4, -0.2) is 20.6 Å². The molecule has 0 saturated carbocycles. The summed E-state index contributed by atoms with van der Waals surface area (Å²) in [6.45, 7) is 3.46. The largest absolute Gasteiger partial charge is 0.478 e. The maximum Gasteiger partial charge on any atom is 0.337 e. The summed E-state index contributed by atoms with van der Waals surface area (Å²) in [4.78, 5) is 14.7. The standard InChI is InChI=1S/C12H10N2O2/c1-9(12(15)16)11-7-14(8-13-11)10-5-3-2-4-6-10/h2-8H,1H2,(H,15,16). The van der Waals surface area contributed by atoms with Crippen LogP contribution in [0.15, 0.2) is 49.4 Å². The minimum Gasteiger partial charge on any atom is -0.478 e. The summed E-state index contributed by atoms with van der Waals surface area (Å²) in [6.07, 6.45) is 3.21. The molecule has 0 spiro atoms. The van der Waals surface area contributed by atoms with Crippen molar-refractivity contribution in [2.45, 2.75) is 0 Å². The number of rotatable bonds is 3. The number of carbonyl (C=O) groups is 1. The first kappa shape index (κ1) is 10.2. The summed E-state index contributed by atoms with van der Waals surface area (Å²) in [5.41, 5.74) is 1.30. The van der Waals surface area contributed by atoms with E-state index in [9.17, 15) is 4.79 Å². The minimum atomic E-state index is -1.06. The molecule has 0 amide bonds. The van der Waals surface area contributed by atoms with Crippen LogP contribution in [0.25, 0.3) is 11.3 Å². The zero-order chi connectivity index (χ0) is 11.5. The highest BCUT2D eigenvalue weighted by Gasteiger charge is 2.10. The molecule has 0 saturated heterocycles. The van der Waals surface area contributed by atoms with Crippen LogP contribution in [0.4, 0.5) is 0 Å². The molecule has 0 bridgehead atoms. The van der Waals surface area contributed by atoms with Crippen molar-refractivity contribution >= 4 is 11.5 Å². The summed E-state index contributed by atoms with van der Waals surface area (Å²) in [6, 6.07) is 9.55. The van der Waals surface area contributed by atoms with Crippen LogP contribution in [0.2, 0.25) is 0 Å². The first-order valence-electron chi connectivity index (χ1n) is 4.70. The third-order valence-corrected chi connectivity index (χ3v) is 2.20. The summed E-state index contributed by atoms with van der Waals surface area (Å²) in [5, 5.41) is 8.77. The number of hydrogen-bond donors (Lipinski definition) is 1. The van der Waals surface area contributed by atoms with Crippen LogP contribution < -0.4 is 0 Å². The zero-order valence-corrected chi connectivity index (χ0v) is 8.50.